The van der Waals surface area contributed by atoms with Crippen molar-refractivity contribution in [1.29, 1.82) is 0 Å². The van der Waals surface area contributed by atoms with Gasteiger partial charge in [-0.05, 0) is 25.5 Å². The van der Waals surface area contributed by atoms with E-state index in [1.54, 1.807) is 11.3 Å². The molecule has 2 rings (SSSR count). The first kappa shape index (κ1) is 13.1. The van der Waals surface area contributed by atoms with Gasteiger partial charge in [0.05, 0.1) is 18.3 Å². The Kier molecular flexibility index (Phi) is 3.99. The molecule has 1 aromatic heterocycles. The predicted octanol–water partition coefficient (Wildman–Crippen LogP) is 3.11. The highest BCUT2D eigenvalue weighted by Crippen LogP contribution is 2.21. The number of aryl methyl sites for hydroxylation is 1. The lowest BCUT2D eigenvalue weighted by Gasteiger charge is -2.20. The molecule has 0 aliphatic heterocycles. The van der Waals surface area contributed by atoms with Gasteiger partial charge in [0.25, 0.3) is 0 Å². The van der Waals surface area contributed by atoms with E-state index in [1.807, 2.05) is 6.92 Å². The first-order chi connectivity index (χ1) is 8.58. The monoisotopic (exact) mass is 261 g/mol. The van der Waals surface area contributed by atoms with Gasteiger partial charge in [-0.1, -0.05) is 18.2 Å². The molecule has 0 fully saturated rings. The van der Waals surface area contributed by atoms with Crippen LogP contribution in [0.3, 0.4) is 0 Å². The van der Waals surface area contributed by atoms with E-state index in [4.69, 9.17) is 5.73 Å². The number of hydrogen-bond acceptors (Lipinski definition) is 4. The molecule has 0 radical (unpaired) electrons. The number of nitrogens with zero attached hydrogens (tertiary/aromatic N) is 2. The summed E-state index contributed by atoms with van der Waals surface area (Å²) in [5.41, 5.74) is 9.43. The molecule has 0 amide bonds. The van der Waals surface area contributed by atoms with Gasteiger partial charge >= 0.3 is 0 Å². The van der Waals surface area contributed by atoms with Crippen LogP contribution in [0.4, 0.5) is 5.69 Å². The number of para-hydroxylation sites is 1. The van der Waals surface area contributed by atoms with Crippen LogP contribution in [0, 0.1) is 6.92 Å². The summed E-state index contributed by atoms with van der Waals surface area (Å²) >= 11 is 1.64. The molecular weight excluding hydrogens is 242 g/mol. The summed E-state index contributed by atoms with van der Waals surface area (Å²) in [4.78, 5) is 6.77. The fourth-order valence-corrected chi connectivity index (χ4v) is 2.69. The molecule has 1 unspecified atom stereocenters. The summed E-state index contributed by atoms with van der Waals surface area (Å²) < 4.78 is 0. The number of benzene rings is 1. The first-order valence-electron chi connectivity index (χ1n) is 6.04. The highest BCUT2D eigenvalue weighted by atomic mass is 32.1. The van der Waals surface area contributed by atoms with Gasteiger partial charge in [0.15, 0.2) is 0 Å². The number of rotatable bonds is 4. The standard InChI is InChI=1S/C14H19N3S/c1-10-6-4-5-7-13(10)17(3)8-12-9-18-14(16-12)11(2)15/h4-7,9,11H,8,15H2,1-3H3. The maximum atomic E-state index is 5.83. The minimum absolute atomic E-state index is 0.0208. The highest BCUT2D eigenvalue weighted by molar-refractivity contribution is 7.09. The lowest BCUT2D eigenvalue weighted by atomic mass is 10.2. The molecule has 0 spiro atoms. The van der Waals surface area contributed by atoms with Gasteiger partial charge in [-0.15, -0.1) is 11.3 Å². The molecule has 0 aliphatic rings. The highest BCUT2D eigenvalue weighted by Gasteiger charge is 2.09. The number of anilines is 1. The Morgan fingerprint density at radius 2 is 2.11 bits per heavy atom. The van der Waals surface area contributed by atoms with Gasteiger partial charge in [0, 0.05) is 18.1 Å². The molecule has 0 saturated carbocycles. The second kappa shape index (κ2) is 5.50. The Morgan fingerprint density at radius 3 is 2.72 bits per heavy atom. The van der Waals surface area contributed by atoms with Crippen molar-refractivity contribution in [2.75, 3.05) is 11.9 Å². The van der Waals surface area contributed by atoms with E-state index in [1.165, 1.54) is 11.3 Å². The molecule has 1 atom stereocenters. The van der Waals surface area contributed by atoms with Crippen molar-refractivity contribution in [3.05, 3.63) is 45.9 Å². The third kappa shape index (κ3) is 2.89. The fraction of sp³-hybridized carbons (Fsp3) is 0.357. The molecule has 2 N–H and O–H groups in total. The average Bonchev–Trinajstić information content (AvgIpc) is 2.78. The van der Waals surface area contributed by atoms with E-state index >= 15 is 0 Å². The van der Waals surface area contributed by atoms with Crippen LogP contribution in [-0.2, 0) is 6.54 Å². The molecule has 3 nitrogen and oxygen atoms in total. The van der Waals surface area contributed by atoms with E-state index in [-0.39, 0.29) is 6.04 Å². The smallest absolute Gasteiger partial charge is 0.109 e. The Labute approximate surface area is 112 Å². The van der Waals surface area contributed by atoms with E-state index in [0.29, 0.717) is 0 Å². The number of thiazole rings is 1. The van der Waals surface area contributed by atoms with Gasteiger partial charge in [-0.3, -0.25) is 0 Å². The van der Waals surface area contributed by atoms with Crippen molar-refractivity contribution in [2.45, 2.75) is 26.4 Å². The van der Waals surface area contributed by atoms with Crippen molar-refractivity contribution < 1.29 is 0 Å². The summed E-state index contributed by atoms with van der Waals surface area (Å²) in [6, 6.07) is 8.40. The van der Waals surface area contributed by atoms with Crippen LogP contribution in [-0.4, -0.2) is 12.0 Å². The van der Waals surface area contributed by atoms with Crippen molar-refractivity contribution >= 4 is 17.0 Å². The van der Waals surface area contributed by atoms with Crippen LogP contribution in [0.1, 0.15) is 29.2 Å². The molecular formula is C14H19N3S. The van der Waals surface area contributed by atoms with Gasteiger partial charge in [0.1, 0.15) is 5.01 Å². The van der Waals surface area contributed by atoms with Crippen molar-refractivity contribution in [3.63, 3.8) is 0 Å². The van der Waals surface area contributed by atoms with Crippen LogP contribution < -0.4 is 10.6 Å². The molecule has 1 heterocycles. The summed E-state index contributed by atoms with van der Waals surface area (Å²) in [5, 5.41) is 3.09. The van der Waals surface area contributed by atoms with E-state index < -0.39 is 0 Å². The van der Waals surface area contributed by atoms with Crippen LogP contribution in [0.5, 0.6) is 0 Å². The fourth-order valence-electron chi connectivity index (χ4n) is 1.92. The molecule has 18 heavy (non-hydrogen) atoms. The molecule has 0 aliphatic carbocycles. The Hall–Kier alpha value is -1.39. The largest absolute Gasteiger partial charge is 0.368 e. The van der Waals surface area contributed by atoms with Crippen molar-refractivity contribution in [2.24, 2.45) is 5.73 Å². The predicted molar refractivity (Wildman–Crippen MR) is 78.0 cm³/mol. The SMILES string of the molecule is Cc1ccccc1N(C)Cc1csc(C(C)N)n1. The Balaban J connectivity index is 2.11. The second-order valence-corrected chi connectivity index (χ2v) is 5.50. The topological polar surface area (TPSA) is 42.1 Å². The third-order valence-electron chi connectivity index (χ3n) is 2.88. The number of aromatic nitrogens is 1. The summed E-state index contributed by atoms with van der Waals surface area (Å²) in [6.07, 6.45) is 0. The van der Waals surface area contributed by atoms with E-state index in [2.05, 4.69) is 53.5 Å². The van der Waals surface area contributed by atoms with Crippen LogP contribution in [0.15, 0.2) is 29.6 Å². The van der Waals surface area contributed by atoms with Crippen LogP contribution >= 0.6 is 11.3 Å². The summed E-state index contributed by atoms with van der Waals surface area (Å²) in [6.45, 7) is 4.90. The van der Waals surface area contributed by atoms with Crippen molar-refractivity contribution in [3.8, 4) is 0 Å². The zero-order chi connectivity index (χ0) is 13.1. The minimum atomic E-state index is 0.0208. The van der Waals surface area contributed by atoms with Crippen molar-refractivity contribution in [1.82, 2.24) is 4.98 Å². The van der Waals surface area contributed by atoms with E-state index in [9.17, 15) is 0 Å². The minimum Gasteiger partial charge on any atom is -0.368 e. The van der Waals surface area contributed by atoms with Gasteiger partial charge in [-0.2, -0.15) is 0 Å². The molecule has 0 saturated heterocycles. The number of hydrogen-bond donors (Lipinski definition) is 1. The summed E-state index contributed by atoms with van der Waals surface area (Å²) in [7, 11) is 2.09. The molecule has 0 bridgehead atoms. The number of nitrogens with two attached hydrogens (primary N) is 1. The third-order valence-corrected chi connectivity index (χ3v) is 3.98. The van der Waals surface area contributed by atoms with Crippen LogP contribution in [0.2, 0.25) is 0 Å². The lowest BCUT2D eigenvalue weighted by molar-refractivity contribution is 0.790. The lowest BCUT2D eigenvalue weighted by Crippen LogP contribution is -2.17. The first-order valence-corrected chi connectivity index (χ1v) is 6.92. The Morgan fingerprint density at radius 1 is 1.39 bits per heavy atom. The van der Waals surface area contributed by atoms with E-state index in [0.717, 1.165) is 17.2 Å². The van der Waals surface area contributed by atoms with Gasteiger partial charge in [-0.25, -0.2) is 4.98 Å². The normalized spacial score (nSPS) is 12.4. The molecule has 96 valence electrons. The summed E-state index contributed by atoms with van der Waals surface area (Å²) in [5.74, 6) is 0. The quantitative estimate of drug-likeness (QED) is 0.919. The molecule has 2 aromatic rings. The average molecular weight is 261 g/mol. The maximum Gasteiger partial charge on any atom is 0.109 e. The zero-order valence-electron chi connectivity index (χ0n) is 11.1. The molecule has 4 heteroatoms. The molecule has 1 aromatic carbocycles. The Bertz CT molecular complexity index is 519. The van der Waals surface area contributed by atoms with Crippen LogP contribution in [0.25, 0.3) is 0 Å². The van der Waals surface area contributed by atoms with Gasteiger partial charge < -0.3 is 10.6 Å². The maximum absolute atomic E-state index is 5.83. The van der Waals surface area contributed by atoms with Gasteiger partial charge in [0.2, 0.25) is 0 Å². The second-order valence-electron chi connectivity index (χ2n) is 4.61. The zero-order valence-corrected chi connectivity index (χ0v) is 11.9.